The summed E-state index contributed by atoms with van der Waals surface area (Å²) in [6.07, 6.45) is 0. The summed E-state index contributed by atoms with van der Waals surface area (Å²) in [5, 5.41) is 6.15. The highest BCUT2D eigenvalue weighted by Gasteiger charge is 2.20. The standard InChI is InChI=1S/C45H29N3S/c1-3-11-30(12-4-1)31-19-22-34(23-20-31)47(43-28-27-42-45(46-43)44-36-16-8-7-13-32(36)21-26-41(44)49-42)35-24-25-38-37-17-9-10-18-39(37)48(40(38)29-35)33-14-5-2-6-15-33/h1-29H. The Balaban J connectivity index is 1.22. The van der Waals surface area contributed by atoms with Gasteiger partial charge in [-0.05, 0) is 82.6 Å². The molecule has 3 aromatic heterocycles. The molecule has 0 saturated heterocycles. The molecule has 0 aliphatic heterocycles. The van der Waals surface area contributed by atoms with Crippen molar-refractivity contribution in [1.82, 2.24) is 9.55 Å². The van der Waals surface area contributed by atoms with Crippen molar-refractivity contribution < 1.29 is 0 Å². The minimum absolute atomic E-state index is 0.884. The van der Waals surface area contributed by atoms with E-state index in [1.54, 1.807) is 0 Å². The van der Waals surface area contributed by atoms with E-state index in [0.717, 1.165) is 33.9 Å². The lowest BCUT2D eigenvalue weighted by molar-refractivity contribution is 1.17. The SMILES string of the molecule is c1ccc(-c2ccc(N(c3ccc4c5ccccc5n(-c5ccccc5)c4c3)c3ccc4sc5ccc6ccccc6c5c4n3)cc2)cc1. The first-order valence-electron chi connectivity index (χ1n) is 16.6. The largest absolute Gasteiger partial charge is 0.309 e. The van der Waals surface area contributed by atoms with Crippen LogP contribution in [-0.2, 0) is 0 Å². The highest BCUT2D eigenvalue weighted by atomic mass is 32.1. The molecule has 0 N–H and O–H groups in total. The van der Waals surface area contributed by atoms with Gasteiger partial charge in [-0.25, -0.2) is 4.98 Å². The van der Waals surface area contributed by atoms with Gasteiger partial charge in [-0.1, -0.05) is 115 Å². The molecule has 7 aromatic carbocycles. The number of rotatable bonds is 5. The van der Waals surface area contributed by atoms with Crippen LogP contribution in [0.2, 0.25) is 0 Å². The number of para-hydroxylation sites is 2. The maximum absolute atomic E-state index is 5.48. The minimum Gasteiger partial charge on any atom is -0.309 e. The first kappa shape index (κ1) is 27.8. The van der Waals surface area contributed by atoms with Gasteiger partial charge in [0.25, 0.3) is 0 Å². The molecule has 230 valence electrons. The van der Waals surface area contributed by atoms with Crippen molar-refractivity contribution >= 4 is 81.4 Å². The number of anilines is 3. The zero-order chi connectivity index (χ0) is 32.3. The summed E-state index contributed by atoms with van der Waals surface area (Å²) in [5.74, 6) is 0.884. The fourth-order valence-corrected chi connectivity index (χ4v) is 8.38. The van der Waals surface area contributed by atoms with E-state index in [1.165, 1.54) is 53.0 Å². The molecule has 0 atom stereocenters. The predicted octanol–water partition coefficient (Wildman–Crippen LogP) is 12.8. The maximum atomic E-state index is 5.48. The van der Waals surface area contributed by atoms with Crippen LogP contribution in [0.25, 0.3) is 69.7 Å². The first-order valence-corrected chi connectivity index (χ1v) is 17.4. The van der Waals surface area contributed by atoms with Crippen LogP contribution in [0.1, 0.15) is 0 Å². The lowest BCUT2D eigenvalue weighted by Gasteiger charge is -2.25. The fourth-order valence-electron chi connectivity index (χ4n) is 7.32. The van der Waals surface area contributed by atoms with Crippen LogP contribution in [0.5, 0.6) is 0 Å². The average molecular weight is 644 g/mol. The van der Waals surface area contributed by atoms with Crippen molar-refractivity contribution in [2.75, 3.05) is 4.90 Å². The third-order valence-electron chi connectivity index (χ3n) is 9.58. The number of hydrogen-bond donors (Lipinski definition) is 0. The molecule has 10 aromatic rings. The lowest BCUT2D eigenvalue weighted by atomic mass is 10.0. The summed E-state index contributed by atoms with van der Waals surface area (Å²) in [5.41, 5.74) is 9.02. The summed E-state index contributed by atoms with van der Waals surface area (Å²) < 4.78 is 4.82. The molecule has 0 spiro atoms. The van der Waals surface area contributed by atoms with Gasteiger partial charge >= 0.3 is 0 Å². The fraction of sp³-hybridized carbons (Fsp3) is 0. The molecule has 0 aliphatic rings. The number of benzene rings is 7. The van der Waals surface area contributed by atoms with Gasteiger partial charge in [0.15, 0.2) is 0 Å². The molecule has 0 amide bonds. The van der Waals surface area contributed by atoms with Gasteiger partial charge in [-0.15, -0.1) is 11.3 Å². The highest BCUT2D eigenvalue weighted by molar-refractivity contribution is 7.26. The average Bonchev–Trinajstić information content (AvgIpc) is 3.71. The van der Waals surface area contributed by atoms with Crippen molar-refractivity contribution in [3.8, 4) is 16.8 Å². The second kappa shape index (κ2) is 11.2. The molecule has 0 bridgehead atoms. The molecule has 10 rings (SSSR count). The topological polar surface area (TPSA) is 21.1 Å². The van der Waals surface area contributed by atoms with Crippen molar-refractivity contribution in [1.29, 1.82) is 0 Å². The Morgan fingerprint density at radius 2 is 1.12 bits per heavy atom. The van der Waals surface area contributed by atoms with Gasteiger partial charge in [-0.3, -0.25) is 4.90 Å². The molecule has 49 heavy (non-hydrogen) atoms. The molecular weight excluding hydrogens is 615 g/mol. The van der Waals surface area contributed by atoms with Gasteiger partial charge < -0.3 is 4.57 Å². The van der Waals surface area contributed by atoms with Crippen LogP contribution in [0.15, 0.2) is 176 Å². The number of thiophene rings is 1. The van der Waals surface area contributed by atoms with Crippen molar-refractivity contribution in [2.45, 2.75) is 0 Å². The summed E-state index contributed by atoms with van der Waals surface area (Å²) in [7, 11) is 0. The van der Waals surface area contributed by atoms with Gasteiger partial charge in [0.05, 0.1) is 21.3 Å². The van der Waals surface area contributed by atoms with Gasteiger partial charge in [0.1, 0.15) is 5.82 Å². The Labute approximate surface area is 287 Å². The number of pyridine rings is 1. The first-order chi connectivity index (χ1) is 24.3. The molecule has 0 radical (unpaired) electrons. The zero-order valence-corrected chi connectivity index (χ0v) is 27.3. The number of aromatic nitrogens is 2. The third kappa shape index (κ3) is 4.53. The normalized spacial score (nSPS) is 11.7. The van der Waals surface area contributed by atoms with E-state index < -0.39 is 0 Å². The lowest BCUT2D eigenvalue weighted by Crippen LogP contribution is -2.11. The monoisotopic (exact) mass is 643 g/mol. The summed E-state index contributed by atoms with van der Waals surface area (Å²) in [6.45, 7) is 0. The molecule has 0 unspecified atom stereocenters. The van der Waals surface area contributed by atoms with Crippen LogP contribution in [0.3, 0.4) is 0 Å². The van der Waals surface area contributed by atoms with Gasteiger partial charge in [-0.2, -0.15) is 0 Å². The van der Waals surface area contributed by atoms with E-state index in [2.05, 4.69) is 185 Å². The van der Waals surface area contributed by atoms with Crippen LogP contribution < -0.4 is 4.90 Å². The molecular formula is C45H29N3S. The van der Waals surface area contributed by atoms with Crippen molar-refractivity contribution in [3.63, 3.8) is 0 Å². The van der Waals surface area contributed by atoms with E-state index in [-0.39, 0.29) is 0 Å². The molecule has 3 heterocycles. The van der Waals surface area contributed by atoms with E-state index >= 15 is 0 Å². The second-order valence-corrected chi connectivity index (χ2v) is 13.5. The smallest absolute Gasteiger partial charge is 0.138 e. The minimum atomic E-state index is 0.884. The van der Waals surface area contributed by atoms with Crippen LogP contribution >= 0.6 is 11.3 Å². The third-order valence-corrected chi connectivity index (χ3v) is 10.7. The van der Waals surface area contributed by atoms with Gasteiger partial charge in [0, 0.05) is 37.9 Å². The molecule has 3 nitrogen and oxygen atoms in total. The molecule has 4 heteroatoms. The van der Waals surface area contributed by atoms with E-state index in [1.807, 2.05) is 11.3 Å². The van der Waals surface area contributed by atoms with Crippen LogP contribution in [0.4, 0.5) is 17.2 Å². The Hall–Kier alpha value is -6.23. The molecule has 0 fully saturated rings. The Morgan fingerprint density at radius 3 is 1.96 bits per heavy atom. The maximum Gasteiger partial charge on any atom is 0.138 e. The van der Waals surface area contributed by atoms with Crippen LogP contribution in [-0.4, -0.2) is 9.55 Å². The second-order valence-electron chi connectivity index (χ2n) is 12.4. The van der Waals surface area contributed by atoms with Crippen LogP contribution in [0, 0.1) is 0 Å². The van der Waals surface area contributed by atoms with E-state index in [4.69, 9.17) is 4.98 Å². The van der Waals surface area contributed by atoms with Crippen molar-refractivity contribution in [3.05, 3.63) is 176 Å². The molecule has 0 saturated carbocycles. The Morgan fingerprint density at radius 1 is 0.469 bits per heavy atom. The highest BCUT2D eigenvalue weighted by Crippen LogP contribution is 2.43. The summed E-state index contributed by atoms with van der Waals surface area (Å²) >= 11 is 1.81. The van der Waals surface area contributed by atoms with E-state index in [0.29, 0.717) is 0 Å². The summed E-state index contributed by atoms with van der Waals surface area (Å²) in [4.78, 5) is 7.78. The van der Waals surface area contributed by atoms with Gasteiger partial charge in [0.2, 0.25) is 0 Å². The Bertz CT molecular complexity index is 2820. The summed E-state index contributed by atoms with van der Waals surface area (Å²) in [6, 6.07) is 63.0. The number of nitrogens with zero attached hydrogens (tertiary/aromatic N) is 3. The predicted molar refractivity (Wildman–Crippen MR) is 209 cm³/mol. The van der Waals surface area contributed by atoms with E-state index in [9.17, 15) is 0 Å². The zero-order valence-electron chi connectivity index (χ0n) is 26.5. The van der Waals surface area contributed by atoms with Crippen molar-refractivity contribution in [2.24, 2.45) is 0 Å². The quantitative estimate of drug-likeness (QED) is 0.186. The Kier molecular flexibility index (Phi) is 6.36. The molecule has 0 aliphatic carbocycles. The number of hydrogen-bond acceptors (Lipinski definition) is 3. The number of fused-ring (bicyclic) bond motifs is 8.